The van der Waals surface area contributed by atoms with Crippen molar-refractivity contribution < 1.29 is 9.84 Å². The summed E-state index contributed by atoms with van der Waals surface area (Å²) in [4.78, 5) is 11.7. The molecule has 1 aromatic heterocycles. The van der Waals surface area contributed by atoms with E-state index in [0.717, 1.165) is 61.9 Å². The van der Waals surface area contributed by atoms with Gasteiger partial charge in [0.15, 0.2) is 0 Å². The summed E-state index contributed by atoms with van der Waals surface area (Å²) in [6.45, 7) is 4.20. The van der Waals surface area contributed by atoms with E-state index in [9.17, 15) is 5.11 Å². The van der Waals surface area contributed by atoms with Crippen molar-refractivity contribution in [2.75, 3.05) is 18.0 Å². The van der Waals surface area contributed by atoms with Crippen LogP contribution in [0.25, 0.3) is 0 Å². The van der Waals surface area contributed by atoms with Crippen LogP contribution >= 0.6 is 0 Å². The van der Waals surface area contributed by atoms with Crippen LogP contribution in [0.1, 0.15) is 41.9 Å². The molecule has 1 aromatic carbocycles. The van der Waals surface area contributed by atoms with Gasteiger partial charge in [-0.3, -0.25) is 0 Å². The highest BCUT2D eigenvalue weighted by atomic mass is 16.5. The lowest BCUT2D eigenvalue weighted by molar-refractivity contribution is 0.161. The summed E-state index contributed by atoms with van der Waals surface area (Å²) in [6.07, 6.45) is 3.26. The molecule has 126 valence electrons. The van der Waals surface area contributed by atoms with Crippen molar-refractivity contribution in [3.05, 3.63) is 46.9 Å². The zero-order valence-electron chi connectivity index (χ0n) is 14.0. The van der Waals surface area contributed by atoms with Gasteiger partial charge in [-0.05, 0) is 37.8 Å². The highest BCUT2D eigenvalue weighted by Crippen LogP contribution is 2.32. The van der Waals surface area contributed by atoms with E-state index in [2.05, 4.69) is 16.0 Å². The molecule has 24 heavy (non-hydrogen) atoms. The van der Waals surface area contributed by atoms with Gasteiger partial charge in [0.05, 0.1) is 11.8 Å². The topological polar surface area (TPSA) is 58.5 Å². The van der Waals surface area contributed by atoms with Gasteiger partial charge in [0, 0.05) is 25.1 Å². The molecule has 2 aromatic rings. The van der Waals surface area contributed by atoms with E-state index in [1.165, 1.54) is 11.1 Å². The molecule has 0 bridgehead atoms. The second-order valence-corrected chi connectivity index (χ2v) is 6.66. The monoisotopic (exact) mass is 325 g/mol. The molecular formula is C19H23N3O2. The van der Waals surface area contributed by atoms with E-state index in [0.29, 0.717) is 6.61 Å². The van der Waals surface area contributed by atoms with Crippen molar-refractivity contribution in [1.82, 2.24) is 9.97 Å². The molecular weight excluding hydrogens is 302 g/mol. The lowest BCUT2D eigenvalue weighted by Crippen LogP contribution is -2.28. The molecule has 5 heteroatoms. The highest BCUT2D eigenvalue weighted by molar-refractivity contribution is 5.54. The first-order chi connectivity index (χ1) is 11.7. The Morgan fingerprint density at radius 1 is 1.17 bits per heavy atom. The molecule has 1 fully saturated rings. The second-order valence-electron chi connectivity index (χ2n) is 6.66. The van der Waals surface area contributed by atoms with E-state index in [4.69, 9.17) is 9.72 Å². The van der Waals surface area contributed by atoms with E-state index in [1.807, 2.05) is 25.1 Å². The highest BCUT2D eigenvalue weighted by Gasteiger charge is 2.24. The summed E-state index contributed by atoms with van der Waals surface area (Å²) in [7, 11) is 0. The van der Waals surface area contributed by atoms with Crippen molar-refractivity contribution in [2.45, 2.75) is 45.3 Å². The van der Waals surface area contributed by atoms with Crippen LogP contribution in [-0.4, -0.2) is 34.3 Å². The minimum absolute atomic E-state index is 0.194. The van der Waals surface area contributed by atoms with Gasteiger partial charge in [-0.1, -0.05) is 18.2 Å². The predicted octanol–water partition coefficient (Wildman–Crippen LogP) is 2.62. The zero-order chi connectivity index (χ0) is 16.5. The minimum atomic E-state index is -0.194. The Balaban J connectivity index is 1.75. The van der Waals surface area contributed by atoms with Crippen LogP contribution in [-0.2, 0) is 13.0 Å². The number of nitrogens with zero attached hydrogens (tertiary/aromatic N) is 3. The molecule has 1 N–H and O–H groups in total. The maximum absolute atomic E-state index is 9.94. The van der Waals surface area contributed by atoms with Crippen molar-refractivity contribution >= 4 is 5.82 Å². The van der Waals surface area contributed by atoms with Gasteiger partial charge >= 0.3 is 0 Å². The predicted molar refractivity (Wildman–Crippen MR) is 92.4 cm³/mol. The lowest BCUT2D eigenvalue weighted by atomic mass is 10.0. The summed E-state index contributed by atoms with van der Waals surface area (Å²) in [5.74, 6) is 2.74. The molecule has 1 saturated heterocycles. The first kappa shape index (κ1) is 15.4. The van der Waals surface area contributed by atoms with Gasteiger partial charge in [0.1, 0.15) is 24.0 Å². The molecule has 0 saturated carbocycles. The first-order valence-electron chi connectivity index (χ1n) is 8.71. The molecule has 2 aliphatic rings. The standard InChI is InChI=1S/C19H23N3O2/c1-13-20-17-12-24-18-7-3-2-5-14(18)11-16(17)19(21-13)22-9-4-6-15(23)8-10-22/h2-3,5,7,15,23H,4,6,8-12H2,1H3. The molecule has 5 nitrogen and oxygen atoms in total. The molecule has 1 atom stereocenters. The number of aliphatic hydroxyl groups excluding tert-OH is 1. The fraction of sp³-hybridized carbons (Fsp3) is 0.474. The fourth-order valence-corrected chi connectivity index (χ4v) is 3.62. The van der Waals surface area contributed by atoms with Gasteiger partial charge in [0.25, 0.3) is 0 Å². The Kier molecular flexibility index (Phi) is 4.10. The van der Waals surface area contributed by atoms with E-state index < -0.39 is 0 Å². The van der Waals surface area contributed by atoms with Crippen molar-refractivity contribution in [3.63, 3.8) is 0 Å². The minimum Gasteiger partial charge on any atom is -0.487 e. The number of benzene rings is 1. The van der Waals surface area contributed by atoms with Crippen molar-refractivity contribution in [3.8, 4) is 5.75 Å². The molecule has 1 unspecified atom stereocenters. The summed E-state index contributed by atoms with van der Waals surface area (Å²) in [5, 5.41) is 9.94. The molecule has 3 heterocycles. The normalized spacial score (nSPS) is 20.4. The van der Waals surface area contributed by atoms with Crippen LogP contribution in [0.2, 0.25) is 0 Å². The van der Waals surface area contributed by atoms with Crippen LogP contribution in [0.3, 0.4) is 0 Å². The number of hydrogen-bond acceptors (Lipinski definition) is 5. The maximum atomic E-state index is 9.94. The lowest BCUT2D eigenvalue weighted by Gasteiger charge is -2.25. The number of rotatable bonds is 1. The van der Waals surface area contributed by atoms with Gasteiger partial charge < -0.3 is 14.7 Å². The van der Waals surface area contributed by atoms with Crippen LogP contribution in [0.15, 0.2) is 24.3 Å². The number of hydrogen-bond donors (Lipinski definition) is 1. The number of ether oxygens (including phenoxy) is 1. The largest absolute Gasteiger partial charge is 0.487 e. The van der Waals surface area contributed by atoms with E-state index in [-0.39, 0.29) is 6.10 Å². The van der Waals surface area contributed by atoms with Crippen LogP contribution in [0, 0.1) is 6.92 Å². The van der Waals surface area contributed by atoms with Gasteiger partial charge in [-0.2, -0.15) is 0 Å². The first-order valence-corrected chi connectivity index (χ1v) is 8.71. The SMILES string of the molecule is Cc1nc2c(c(N3CCCC(O)CC3)n1)Cc1ccccc1OC2. The Bertz CT molecular complexity index is 747. The Hall–Kier alpha value is -2.14. The smallest absolute Gasteiger partial charge is 0.136 e. The molecule has 0 aliphatic carbocycles. The summed E-state index contributed by atoms with van der Waals surface area (Å²) in [6, 6.07) is 8.18. The van der Waals surface area contributed by atoms with Crippen LogP contribution < -0.4 is 9.64 Å². The third-order valence-electron chi connectivity index (χ3n) is 4.88. The number of aromatic nitrogens is 2. The van der Waals surface area contributed by atoms with Gasteiger partial charge in [0.2, 0.25) is 0 Å². The number of aryl methyl sites for hydroxylation is 1. The second kappa shape index (κ2) is 6.40. The van der Waals surface area contributed by atoms with Crippen LogP contribution in [0.5, 0.6) is 5.75 Å². The molecule has 0 radical (unpaired) electrons. The summed E-state index contributed by atoms with van der Waals surface area (Å²) >= 11 is 0. The van der Waals surface area contributed by atoms with Crippen LogP contribution in [0.4, 0.5) is 5.82 Å². The van der Waals surface area contributed by atoms with E-state index in [1.54, 1.807) is 0 Å². The fourth-order valence-electron chi connectivity index (χ4n) is 3.62. The Morgan fingerprint density at radius 3 is 2.96 bits per heavy atom. The quantitative estimate of drug-likeness (QED) is 0.873. The van der Waals surface area contributed by atoms with Gasteiger partial charge in [-0.25, -0.2) is 9.97 Å². The Morgan fingerprint density at radius 2 is 2.04 bits per heavy atom. The molecule has 2 aliphatic heterocycles. The summed E-state index contributed by atoms with van der Waals surface area (Å²) in [5.41, 5.74) is 3.33. The van der Waals surface area contributed by atoms with Crippen molar-refractivity contribution in [2.24, 2.45) is 0 Å². The third kappa shape index (κ3) is 2.96. The molecule has 4 rings (SSSR count). The number of para-hydroxylation sites is 1. The molecule has 0 amide bonds. The zero-order valence-corrected chi connectivity index (χ0v) is 14.0. The number of anilines is 1. The number of aliphatic hydroxyl groups is 1. The average Bonchev–Trinajstić information content (AvgIpc) is 2.90. The summed E-state index contributed by atoms with van der Waals surface area (Å²) < 4.78 is 5.97. The van der Waals surface area contributed by atoms with E-state index >= 15 is 0 Å². The third-order valence-corrected chi connectivity index (χ3v) is 4.88. The Labute approximate surface area is 142 Å². The van der Waals surface area contributed by atoms with Crippen molar-refractivity contribution in [1.29, 1.82) is 0 Å². The number of fused-ring (bicyclic) bond motifs is 2. The average molecular weight is 325 g/mol. The molecule has 0 spiro atoms. The van der Waals surface area contributed by atoms with Gasteiger partial charge in [-0.15, -0.1) is 0 Å². The maximum Gasteiger partial charge on any atom is 0.136 e.